The van der Waals surface area contributed by atoms with Gasteiger partial charge in [0.2, 0.25) is 0 Å². The first-order valence-electron chi connectivity index (χ1n) is 11.8. The molecule has 0 N–H and O–H groups in total. The molecule has 7 rings (SSSR count). The van der Waals surface area contributed by atoms with Gasteiger partial charge in [-0.05, 0) is 66.3 Å². The number of hydrogen-bond donors (Lipinski definition) is 0. The Morgan fingerprint density at radius 3 is 2.14 bits per heavy atom. The van der Waals surface area contributed by atoms with Crippen molar-refractivity contribution in [3.8, 4) is 22.3 Å². The summed E-state index contributed by atoms with van der Waals surface area (Å²) in [6.45, 7) is 0. The predicted molar refractivity (Wildman–Crippen MR) is 154 cm³/mol. The van der Waals surface area contributed by atoms with E-state index in [1.807, 2.05) is 6.08 Å². The summed E-state index contributed by atoms with van der Waals surface area (Å²) in [5.74, 6) is 0. The van der Waals surface area contributed by atoms with Crippen LogP contribution in [-0.2, 0) is 0 Å². The molecule has 162 valence electrons. The van der Waals surface area contributed by atoms with E-state index in [4.69, 9.17) is 0 Å². The molecule has 0 saturated heterocycles. The second-order valence-corrected chi connectivity index (χ2v) is 9.77. The van der Waals surface area contributed by atoms with E-state index in [1.54, 1.807) is 0 Å². The third-order valence-corrected chi connectivity index (χ3v) is 7.89. The first kappa shape index (κ1) is 20.4. The lowest BCUT2D eigenvalue weighted by Gasteiger charge is -2.16. The van der Waals surface area contributed by atoms with Crippen LogP contribution in [0.1, 0.15) is 11.1 Å². The van der Waals surface area contributed by atoms with Crippen LogP contribution in [0.25, 0.3) is 66.7 Å². The lowest BCUT2D eigenvalue weighted by atomic mass is 9.86. The molecule has 0 bridgehead atoms. The lowest BCUT2D eigenvalue weighted by Crippen LogP contribution is -1.96. The molecule has 35 heavy (non-hydrogen) atoms. The number of fused-ring (bicyclic) bond motifs is 5. The summed E-state index contributed by atoms with van der Waals surface area (Å²) in [4.78, 5) is 0. The van der Waals surface area contributed by atoms with Crippen LogP contribution < -0.4 is 0 Å². The number of halogens is 1. The maximum absolute atomic E-state index is 3.93. The molecule has 0 saturated carbocycles. The van der Waals surface area contributed by atoms with Crippen LogP contribution in [0.5, 0.6) is 0 Å². The first-order valence-corrected chi connectivity index (χ1v) is 12.6. The normalized spacial score (nSPS) is 12.3. The maximum atomic E-state index is 3.93. The monoisotopic (exact) mass is 507 g/mol. The quantitative estimate of drug-likeness (QED) is 0.161. The molecule has 0 spiro atoms. The fraction of sp³-hybridized carbons (Fsp3) is 0. The number of allylic oxidation sites excluding steroid dienone is 2. The Bertz CT molecular complexity index is 1840. The van der Waals surface area contributed by atoms with Crippen LogP contribution in [-0.4, -0.2) is 0 Å². The summed E-state index contributed by atoms with van der Waals surface area (Å²) in [6, 6.07) is 37.3. The van der Waals surface area contributed by atoms with Gasteiger partial charge >= 0.3 is 0 Å². The Hall–Kier alpha value is -4.03. The molecular formula is C34H20Br+. The van der Waals surface area contributed by atoms with Crippen molar-refractivity contribution in [3.05, 3.63) is 131 Å². The van der Waals surface area contributed by atoms with Crippen LogP contribution in [0.15, 0.2) is 114 Å². The summed E-state index contributed by atoms with van der Waals surface area (Å²) in [7, 11) is 0. The summed E-state index contributed by atoms with van der Waals surface area (Å²) >= 11 is 3.93. The van der Waals surface area contributed by atoms with Gasteiger partial charge in [0.15, 0.2) is 0 Å². The molecule has 0 aliphatic heterocycles. The van der Waals surface area contributed by atoms with E-state index in [-0.39, 0.29) is 0 Å². The average molecular weight is 508 g/mol. The smallest absolute Gasteiger partial charge is 0.0622 e. The molecule has 0 nitrogen and oxygen atoms in total. The van der Waals surface area contributed by atoms with Crippen molar-refractivity contribution in [2.45, 2.75) is 0 Å². The standard InChI is InChI=1S/C34H20Br/c35-34-29-17-9-8-16-28(29)33(22-10-2-1-3-11-22)32-21-24(18-19-30(32)34)31-20-23-12-4-5-13-25(23)26-14-6-7-15-27(26)31/h1-7,9-21H/q+1. The molecule has 0 fully saturated rings. The zero-order valence-corrected chi connectivity index (χ0v) is 20.5. The van der Waals surface area contributed by atoms with E-state index in [9.17, 15) is 0 Å². The highest BCUT2D eigenvalue weighted by Gasteiger charge is 2.24. The molecule has 0 unspecified atom stereocenters. The van der Waals surface area contributed by atoms with Crippen LogP contribution in [0.2, 0.25) is 0 Å². The molecule has 6 aromatic rings. The SMILES string of the molecule is Brc1c2c(c(-c3ccccc3)c3cc(-c4cc5ccccc5c5ccccc45)ccc13)C=[C+]C=C2. The highest BCUT2D eigenvalue weighted by Crippen LogP contribution is 2.44. The summed E-state index contributed by atoms with van der Waals surface area (Å²) in [6.07, 6.45) is 9.56. The zero-order valence-electron chi connectivity index (χ0n) is 18.9. The molecule has 1 aliphatic carbocycles. The minimum atomic E-state index is 1.13. The Morgan fingerprint density at radius 1 is 0.543 bits per heavy atom. The lowest BCUT2D eigenvalue weighted by molar-refractivity contribution is 1.56. The third kappa shape index (κ3) is 3.17. The van der Waals surface area contributed by atoms with Crippen LogP contribution in [0.4, 0.5) is 0 Å². The molecule has 1 aliphatic rings. The van der Waals surface area contributed by atoms with Gasteiger partial charge in [0.1, 0.15) is 23.3 Å². The van der Waals surface area contributed by atoms with Crippen molar-refractivity contribution >= 4 is 60.4 Å². The van der Waals surface area contributed by atoms with Gasteiger partial charge in [-0.2, -0.15) is 0 Å². The van der Waals surface area contributed by atoms with Crippen LogP contribution >= 0.6 is 15.9 Å². The Morgan fingerprint density at radius 2 is 1.29 bits per heavy atom. The van der Waals surface area contributed by atoms with Crippen molar-refractivity contribution in [2.24, 2.45) is 0 Å². The molecular weight excluding hydrogens is 488 g/mol. The Labute approximate surface area is 213 Å². The third-order valence-electron chi connectivity index (χ3n) is 7.04. The van der Waals surface area contributed by atoms with Gasteiger partial charge in [-0.25, -0.2) is 0 Å². The number of rotatable bonds is 2. The van der Waals surface area contributed by atoms with Gasteiger partial charge in [0.05, 0.1) is 16.1 Å². The van der Waals surface area contributed by atoms with E-state index in [0.29, 0.717) is 0 Å². The highest BCUT2D eigenvalue weighted by molar-refractivity contribution is 9.10. The van der Waals surface area contributed by atoms with Crippen molar-refractivity contribution in [1.29, 1.82) is 0 Å². The van der Waals surface area contributed by atoms with E-state index in [0.717, 1.165) is 4.47 Å². The summed E-state index contributed by atoms with van der Waals surface area (Å²) in [5.41, 5.74) is 7.37. The fourth-order valence-electron chi connectivity index (χ4n) is 5.44. The number of benzene rings is 6. The van der Waals surface area contributed by atoms with E-state index in [2.05, 4.69) is 137 Å². The van der Waals surface area contributed by atoms with Crippen molar-refractivity contribution in [2.75, 3.05) is 0 Å². The molecule has 0 aromatic heterocycles. The zero-order chi connectivity index (χ0) is 23.4. The van der Waals surface area contributed by atoms with E-state index in [1.165, 1.54) is 65.7 Å². The minimum absolute atomic E-state index is 1.13. The Kier molecular flexibility index (Phi) is 4.67. The number of hydrogen-bond acceptors (Lipinski definition) is 0. The van der Waals surface area contributed by atoms with Gasteiger partial charge < -0.3 is 0 Å². The Balaban J connectivity index is 1.60. The van der Waals surface area contributed by atoms with E-state index < -0.39 is 0 Å². The van der Waals surface area contributed by atoms with Gasteiger partial charge in [-0.1, -0.05) is 91.0 Å². The maximum Gasteiger partial charge on any atom is 0.111 e. The first-order chi connectivity index (χ1) is 17.3. The fourth-order valence-corrected chi connectivity index (χ4v) is 6.13. The molecule has 0 heterocycles. The van der Waals surface area contributed by atoms with Crippen LogP contribution in [0, 0.1) is 6.08 Å². The predicted octanol–water partition coefficient (Wildman–Crippen LogP) is 10.1. The van der Waals surface area contributed by atoms with Gasteiger partial charge in [0, 0.05) is 16.8 Å². The van der Waals surface area contributed by atoms with Gasteiger partial charge in [0.25, 0.3) is 0 Å². The topological polar surface area (TPSA) is 0 Å². The molecule has 0 amide bonds. The van der Waals surface area contributed by atoms with E-state index >= 15 is 0 Å². The van der Waals surface area contributed by atoms with Crippen molar-refractivity contribution in [1.82, 2.24) is 0 Å². The molecule has 0 atom stereocenters. The molecule has 1 heteroatoms. The molecule has 6 aromatic carbocycles. The molecule has 0 radical (unpaired) electrons. The van der Waals surface area contributed by atoms with Crippen molar-refractivity contribution in [3.63, 3.8) is 0 Å². The average Bonchev–Trinajstić information content (AvgIpc) is 2.93. The van der Waals surface area contributed by atoms with Crippen LogP contribution in [0.3, 0.4) is 0 Å². The second-order valence-electron chi connectivity index (χ2n) is 8.98. The summed E-state index contributed by atoms with van der Waals surface area (Å²) < 4.78 is 1.13. The summed E-state index contributed by atoms with van der Waals surface area (Å²) in [5, 5.41) is 7.58. The van der Waals surface area contributed by atoms with Crippen molar-refractivity contribution < 1.29 is 0 Å². The minimum Gasteiger partial charge on any atom is -0.0622 e. The largest absolute Gasteiger partial charge is 0.111 e. The van der Waals surface area contributed by atoms with Gasteiger partial charge in [-0.15, -0.1) is 0 Å². The second kappa shape index (κ2) is 8.03. The highest BCUT2D eigenvalue weighted by atomic mass is 79.9. The van der Waals surface area contributed by atoms with Gasteiger partial charge in [-0.3, -0.25) is 0 Å².